The number of amides is 1. The summed E-state index contributed by atoms with van der Waals surface area (Å²) in [5.41, 5.74) is 0.957. The number of anilines is 1. The van der Waals surface area contributed by atoms with Crippen molar-refractivity contribution in [3.63, 3.8) is 0 Å². The van der Waals surface area contributed by atoms with Crippen molar-refractivity contribution in [2.45, 2.75) is 12.8 Å². The van der Waals surface area contributed by atoms with Crippen LogP contribution in [0.4, 0.5) is 5.69 Å². The molecule has 1 N–H and O–H groups in total. The third kappa shape index (κ3) is 2.18. The summed E-state index contributed by atoms with van der Waals surface area (Å²) in [6.07, 6.45) is 1.35. The van der Waals surface area contributed by atoms with Crippen molar-refractivity contribution in [2.75, 3.05) is 18.1 Å². The lowest BCUT2D eigenvalue weighted by atomic mass is 9.97. The van der Waals surface area contributed by atoms with Crippen LogP contribution in [0.25, 0.3) is 0 Å². The van der Waals surface area contributed by atoms with Crippen LogP contribution in [0.3, 0.4) is 0 Å². The van der Waals surface area contributed by atoms with E-state index in [9.17, 15) is 4.79 Å². The fraction of sp³-hybridized carbons (Fsp3) is 0.417. The van der Waals surface area contributed by atoms with E-state index in [0.717, 1.165) is 12.1 Å². The molecule has 1 saturated heterocycles. The lowest BCUT2D eigenvalue weighted by molar-refractivity contribution is -0.121. The van der Waals surface area contributed by atoms with Crippen molar-refractivity contribution in [3.05, 3.63) is 30.3 Å². The number of carbonyl (C=O) groups excluding carboxylic acids is 1. The van der Waals surface area contributed by atoms with E-state index in [1.54, 1.807) is 4.90 Å². The SMILES string of the molecule is O=C1C[C@H](CO)CCN1c1ccccc1. The number of rotatable bonds is 2. The maximum Gasteiger partial charge on any atom is 0.227 e. The number of benzene rings is 1. The van der Waals surface area contributed by atoms with Crippen LogP contribution in [0.2, 0.25) is 0 Å². The largest absolute Gasteiger partial charge is 0.396 e. The molecule has 0 radical (unpaired) electrons. The number of hydrogen-bond donors (Lipinski definition) is 1. The van der Waals surface area contributed by atoms with Gasteiger partial charge in [0.15, 0.2) is 0 Å². The Balaban J connectivity index is 2.10. The molecule has 1 heterocycles. The summed E-state index contributed by atoms with van der Waals surface area (Å²) in [6, 6.07) is 9.68. The zero-order valence-corrected chi connectivity index (χ0v) is 8.60. The molecule has 1 aromatic rings. The average molecular weight is 205 g/mol. The fourth-order valence-corrected chi connectivity index (χ4v) is 1.93. The molecule has 0 spiro atoms. The van der Waals surface area contributed by atoms with Gasteiger partial charge in [-0.1, -0.05) is 18.2 Å². The zero-order chi connectivity index (χ0) is 10.7. The first kappa shape index (κ1) is 10.2. The third-order valence-electron chi connectivity index (χ3n) is 2.85. The summed E-state index contributed by atoms with van der Waals surface area (Å²) >= 11 is 0. The van der Waals surface area contributed by atoms with Gasteiger partial charge in [0.25, 0.3) is 0 Å². The number of piperidine rings is 1. The van der Waals surface area contributed by atoms with Crippen LogP contribution in [0.15, 0.2) is 30.3 Å². The van der Waals surface area contributed by atoms with Gasteiger partial charge in [-0.05, 0) is 24.5 Å². The highest BCUT2D eigenvalue weighted by Gasteiger charge is 2.25. The molecule has 1 aromatic carbocycles. The standard InChI is InChI=1S/C12H15NO2/c14-9-10-6-7-13(12(15)8-10)11-4-2-1-3-5-11/h1-5,10,14H,6-9H2/t10-/m1/s1. The first-order valence-electron chi connectivity index (χ1n) is 5.27. The summed E-state index contributed by atoms with van der Waals surface area (Å²) in [6.45, 7) is 0.836. The predicted octanol–water partition coefficient (Wildman–Crippen LogP) is 1.42. The lowest BCUT2D eigenvalue weighted by Crippen LogP contribution is -2.39. The van der Waals surface area contributed by atoms with Gasteiger partial charge in [0.05, 0.1) is 0 Å². The van der Waals surface area contributed by atoms with E-state index in [0.29, 0.717) is 13.0 Å². The Morgan fingerprint density at radius 2 is 2.07 bits per heavy atom. The smallest absolute Gasteiger partial charge is 0.227 e. The Kier molecular flexibility index (Phi) is 3.02. The van der Waals surface area contributed by atoms with Gasteiger partial charge in [-0.2, -0.15) is 0 Å². The van der Waals surface area contributed by atoms with Crippen LogP contribution in [0.1, 0.15) is 12.8 Å². The minimum Gasteiger partial charge on any atom is -0.396 e. The highest BCUT2D eigenvalue weighted by atomic mass is 16.3. The Hall–Kier alpha value is -1.35. The molecule has 1 atom stereocenters. The lowest BCUT2D eigenvalue weighted by Gasteiger charge is -2.30. The molecule has 15 heavy (non-hydrogen) atoms. The number of aliphatic hydroxyl groups is 1. The minimum absolute atomic E-state index is 0.117. The average Bonchev–Trinajstić information content (AvgIpc) is 2.30. The molecule has 0 aliphatic carbocycles. The molecular formula is C12H15NO2. The zero-order valence-electron chi connectivity index (χ0n) is 8.60. The van der Waals surface area contributed by atoms with Crippen molar-refractivity contribution < 1.29 is 9.90 Å². The van der Waals surface area contributed by atoms with Gasteiger partial charge in [0.2, 0.25) is 5.91 Å². The molecule has 2 rings (SSSR count). The Morgan fingerprint density at radius 3 is 2.67 bits per heavy atom. The highest BCUT2D eigenvalue weighted by Crippen LogP contribution is 2.23. The van der Waals surface area contributed by atoms with Crippen molar-refractivity contribution in [2.24, 2.45) is 5.92 Å². The summed E-state index contributed by atoms with van der Waals surface area (Å²) in [5, 5.41) is 8.99. The maximum absolute atomic E-state index is 11.8. The fourth-order valence-electron chi connectivity index (χ4n) is 1.93. The molecule has 80 valence electrons. The van der Waals surface area contributed by atoms with Crippen LogP contribution < -0.4 is 4.90 Å². The number of hydrogen-bond acceptors (Lipinski definition) is 2. The maximum atomic E-state index is 11.8. The number of carbonyl (C=O) groups is 1. The molecule has 3 nitrogen and oxygen atoms in total. The summed E-state index contributed by atoms with van der Waals surface area (Å²) in [4.78, 5) is 13.6. The molecular weight excluding hydrogens is 190 g/mol. The van der Waals surface area contributed by atoms with Crippen molar-refractivity contribution in [1.82, 2.24) is 0 Å². The number of nitrogens with zero attached hydrogens (tertiary/aromatic N) is 1. The molecule has 1 fully saturated rings. The molecule has 0 bridgehead atoms. The van der Waals surface area contributed by atoms with Crippen LogP contribution in [0, 0.1) is 5.92 Å². The Labute approximate surface area is 89.3 Å². The van der Waals surface area contributed by atoms with Crippen molar-refractivity contribution >= 4 is 11.6 Å². The van der Waals surface area contributed by atoms with E-state index in [2.05, 4.69) is 0 Å². The van der Waals surface area contributed by atoms with Crippen molar-refractivity contribution in [3.8, 4) is 0 Å². The van der Waals surface area contributed by atoms with Gasteiger partial charge >= 0.3 is 0 Å². The van der Waals surface area contributed by atoms with Crippen molar-refractivity contribution in [1.29, 1.82) is 0 Å². The summed E-state index contributed by atoms with van der Waals surface area (Å²) in [7, 11) is 0. The van der Waals surface area contributed by atoms with E-state index in [4.69, 9.17) is 5.11 Å². The van der Waals surface area contributed by atoms with Gasteiger partial charge in [-0.25, -0.2) is 0 Å². The highest BCUT2D eigenvalue weighted by molar-refractivity contribution is 5.94. The molecule has 0 aromatic heterocycles. The van der Waals surface area contributed by atoms with Gasteiger partial charge < -0.3 is 10.0 Å². The summed E-state index contributed by atoms with van der Waals surface area (Å²) in [5.74, 6) is 0.268. The predicted molar refractivity (Wildman–Crippen MR) is 58.6 cm³/mol. The van der Waals surface area contributed by atoms with Crippen LogP contribution in [-0.4, -0.2) is 24.2 Å². The van der Waals surface area contributed by atoms with Crippen LogP contribution in [0.5, 0.6) is 0 Å². The molecule has 3 heteroatoms. The van der Waals surface area contributed by atoms with E-state index in [1.165, 1.54) is 0 Å². The second kappa shape index (κ2) is 4.45. The number of para-hydroxylation sites is 1. The minimum atomic E-state index is 0.117. The Morgan fingerprint density at radius 1 is 1.33 bits per heavy atom. The normalized spacial score (nSPS) is 21.8. The van der Waals surface area contributed by atoms with Crippen LogP contribution >= 0.6 is 0 Å². The molecule has 1 aliphatic heterocycles. The van der Waals surface area contributed by atoms with E-state index < -0.39 is 0 Å². The molecule has 1 aliphatic rings. The summed E-state index contributed by atoms with van der Waals surface area (Å²) < 4.78 is 0. The van der Waals surface area contributed by atoms with E-state index >= 15 is 0 Å². The second-order valence-corrected chi connectivity index (χ2v) is 3.92. The van der Waals surface area contributed by atoms with Gasteiger partial charge in [0.1, 0.15) is 0 Å². The van der Waals surface area contributed by atoms with Gasteiger partial charge in [-0.15, -0.1) is 0 Å². The first-order valence-corrected chi connectivity index (χ1v) is 5.27. The van der Waals surface area contributed by atoms with Gasteiger partial charge in [-0.3, -0.25) is 4.79 Å². The monoisotopic (exact) mass is 205 g/mol. The second-order valence-electron chi connectivity index (χ2n) is 3.92. The third-order valence-corrected chi connectivity index (χ3v) is 2.85. The first-order chi connectivity index (χ1) is 7.31. The number of aliphatic hydroxyl groups excluding tert-OH is 1. The van der Waals surface area contributed by atoms with Crippen LogP contribution in [-0.2, 0) is 4.79 Å². The molecule has 0 unspecified atom stereocenters. The van der Waals surface area contributed by atoms with E-state index in [1.807, 2.05) is 30.3 Å². The molecule has 0 saturated carbocycles. The van der Waals surface area contributed by atoms with E-state index in [-0.39, 0.29) is 18.4 Å². The van der Waals surface area contributed by atoms with Gasteiger partial charge in [0, 0.05) is 25.3 Å². The Bertz CT molecular complexity index is 337. The topological polar surface area (TPSA) is 40.5 Å². The quantitative estimate of drug-likeness (QED) is 0.793. The molecule has 1 amide bonds.